The van der Waals surface area contributed by atoms with E-state index in [1.54, 1.807) is 0 Å². The molecule has 0 saturated heterocycles. The second-order valence-electron chi connectivity index (χ2n) is 5.52. The summed E-state index contributed by atoms with van der Waals surface area (Å²) in [4.78, 5) is 6.23. The minimum Gasteiger partial charge on any atom is -0.308 e. The summed E-state index contributed by atoms with van der Waals surface area (Å²) < 4.78 is 0. The summed E-state index contributed by atoms with van der Waals surface area (Å²) in [6, 6.07) is 13.1. The SMILES string of the molecule is Cc1ccccc1CN(CCN(C)C)Cc1cccs1. The average Bonchev–Trinajstić information content (AvgIpc) is 2.91. The van der Waals surface area contributed by atoms with E-state index in [1.165, 1.54) is 16.0 Å². The maximum atomic E-state index is 2.54. The Hall–Kier alpha value is -1.16. The highest BCUT2D eigenvalue weighted by Gasteiger charge is 2.09. The molecule has 2 rings (SSSR count). The van der Waals surface area contributed by atoms with E-state index in [0.717, 1.165) is 26.2 Å². The number of hydrogen-bond acceptors (Lipinski definition) is 3. The third-order valence-corrected chi connectivity index (χ3v) is 4.34. The van der Waals surface area contributed by atoms with Gasteiger partial charge >= 0.3 is 0 Å². The van der Waals surface area contributed by atoms with Crippen molar-refractivity contribution in [3.8, 4) is 0 Å². The van der Waals surface area contributed by atoms with Crippen LogP contribution in [0.1, 0.15) is 16.0 Å². The second-order valence-corrected chi connectivity index (χ2v) is 6.55. The van der Waals surface area contributed by atoms with Gasteiger partial charge in [0.15, 0.2) is 0 Å². The zero-order chi connectivity index (χ0) is 14.4. The maximum absolute atomic E-state index is 2.54. The van der Waals surface area contributed by atoms with Crippen LogP contribution in [0.25, 0.3) is 0 Å². The van der Waals surface area contributed by atoms with Gasteiger partial charge in [-0.3, -0.25) is 4.90 Å². The van der Waals surface area contributed by atoms with Crippen molar-refractivity contribution in [1.29, 1.82) is 0 Å². The van der Waals surface area contributed by atoms with Crippen molar-refractivity contribution >= 4 is 11.3 Å². The molecule has 0 unspecified atom stereocenters. The van der Waals surface area contributed by atoms with Crippen LogP contribution in [0.5, 0.6) is 0 Å². The number of rotatable bonds is 7. The molecule has 0 spiro atoms. The molecule has 0 N–H and O–H groups in total. The molecule has 0 aliphatic rings. The lowest BCUT2D eigenvalue weighted by molar-refractivity contribution is 0.227. The molecule has 0 aliphatic heterocycles. The van der Waals surface area contributed by atoms with Gasteiger partial charge in [-0.2, -0.15) is 0 Å². The lowest BCUT2D eigenvalue weighted by atomic mass is 10.1. The molecule has 1 aromatic heterocycles. The fourth-order valence-electron chi connectivity index (χ4n) is 2.21. The smallest absolute Gasteiger partial charge is 0.0331 e. The number of hydrogen-bond donors (Lipinski definition) is 0. The largest absolute Gasteiger partial charge is 0.308 e. The van der Waals surface area contributed by atoms with Gasteiger partial charge in [0.2, 0.25) is 0 Å². The van der Waals surface area contributed by atoms with E-state index in [-0.39, 0.29) is 0 Å². The lowest BCUT2D eigenvalue weighted by Gasteiger charge is -2.24. The molecule has 0 radical (unpaired) electrons. The standard InChI is InChI=1S/C17H24N2S/c1-15-7-4-5-8-16(15)13-19(11-10-18(2)3)14-17-9-6-12-20-17/h4-9,12H,10-11,13-14H2,1-3H3. The Bertz CT molecular complexity index is 505. The van der Waals surface area contributed by atoms with E-state index in [4.69, 9.17) is 0 Å². The van der Waals surface area contributed by atoms with Gasteiger partial charge < -0.3 is 4.90 Å². The van der Waals surface area contributed by atoms with Crippen molar-refractivity contribution < 1.29 is 0 Å². The van der Waals surface area contributed by atoms with Crippen LogP contribution in [0.2, 0.25) is 0 Å². The van der Waals surface area contributed by atoms with E-state index in [2.05, 4.69) is 72.6 Å². The van der Waals surface area contributed by atoms with Crippen LogP contribution in [0, 0.1) is 6.92 Å². The average molecular weight is 288 g/mol. The molecule has 20 heavy (non-hydrogen) atoms. The van der Waals surface area contributed by atoms with Crippen LogP contribution in [-0.4, -0.2) is 37.0 Å². The number of benzene rings is 1. The quantitative estimate of drug-likeness (QED) is 0.768. The fourth-order valence-corrected chi connectivity index (χ4v) is 2.95. The van der Waals surface area contributed by atoms with E-state index in [1.807, 2.05) is 11.3 Å². The topological polar surface area (TPSA) is 6.48 Å². The minimum absolute atomic E-state index is 1.03. The first-order valence-corrected chi connectivity index (χ1v) is 7.97. The molecule has 0 amide bonds. The molecule has 0 aliphatic carbocycles. The Morgan fingerprint density at radius 3 is 2.40 bits per heavy atom. The monoisotopic (exact) mass is 288 g/mol. The first-order valence-electron chi connectivity index (χ1n) is 7.09. The van der Waals surface area contributed by atoms with Gasteiger partial charge in [-0.1, -0.05) is 30.3 Å². The van der Waals surface area contributed by atoms with Gasteiger partial charge in [0.25, 0.3) is 0 Å². The van der Waals surface area contributed by atoms with Crippen molar-refractivity contribution in [2.24, 2.45) is 0 Å². The number of nitrogens with zero attached hydrogens (tertiary/aromatic N) is 2. The normalized spacial score (nSPS) is 11.4. The summed E-state index contributed by atoms with van der Waals surface area (Å²) in [6.07, 6.45) is 0. The molecule has 1 heterocycles. The van der Waals surface area contributed by atoms with E-state index >= 15 is 0 Å². The van der Waals surface area contributed by atoms with Gasteiger partial charge in [0.05, 0.1) is 0 Å². The van der Waals surface area contributed by atoms with Crippen LogP contribution >= 0.6 is 11.3 Å². The molecule has 1 aromatic carbocycles. The molecule has 0 bridgehead atoms. The van der Waals surface area contributed by atoms with Crippen LogP contribution < -0.4 is 0 Å². The maximum Gasteiger partial charge on any atom is 0.0331 e. The van der Waals surface area contributed by atoms with Gasteiger partial charge in [-0.05, 0) is 43.6 Å². The third-order valence-electron chi connectivity index (χ3n) is 3.48. The minimum atomic E-state index is 1.03. The summed E-state index contributed by atoms with van der Waals surface area (Å²) >= 11 is 1.84. The third kappa shape index (κ3) is 4.75. The van der Waals surface area contributed by atoms with Gasteiger partial charge in [0.1, 0.15) is 0 Å². The Morgan fingerprint density at radius 2 is 1.75 bits per heavy atom. The van der Waals surface area contributed by atoms with Gasteiger partial charge in [0, 0.05) is 31.1 Å². The Kier molecular flexibility index (Phi) is 5.77. The number of likely N-dealkylation sites (N-methyl/N-ethyl adjacent to an activating group) is 1. The van der Waals surface area contributed by atoms with Crippen LogP contribution in [-0.2, 0) is 13.1 Å². The molecule has 0 saturated carbocycles. The second kappa shape index (κ2) is 7.58. The Morgan fingerprint density at radius 1 is 0.950 bits per heavy atom. The van der Waals surface area contributed by atoms with Crippen molar-refractivity contribution in [3.63, 3.8) is 0 Å². The molecule has 3 heteroatoms. The van der Waals surface area contributed by atoms with E-state index in [0.29, 0.717) is 0 Å². The summed E-state index contributed by atoms with van der Waals surface area (Å²) in [7, 11) is 4.27. The predicted molar refractivity (Wildman–Crippen MR) is 88.2 cm³/mol. The van der Waals surface area contributed by atoms with Gasteiger partial charge in [-0.15, -0.1) is 11.3 Å². The predicted octanol–water partition coefficient (Wildman–Crippen LogP) is 3.62. The summed E-state index contributed by atoms with van der Waals surface area (Å²) in [5.41, 5.74) is 2.82. The van der Waals surface area contributed by atoms with Crippen LogP contribution in [0.4, 0.5) is 0 Å². The first-order chi connectivity index (χ1) is 9.65. The van der Waals surface area contributed by atoms with Crippen molar-refractivity contribution in [1.82, 2.24) is 9.80 Å². The highest BCUT2D eigenvalue weighted by Crippen LogP contribution is 2.16. The first kappa shape index (κ1) is 15.2. The summed E-state index contributed by atoms with van der Waals surface area (Å²) in [6.45, 7) is 6.46. The molecule has 2 aromatic rings. The van der Waals surface area contributed by atoms with Crippen LogP contribution in [0.15, 0.2) is 41.8 Å². The Balaban J connectivity index is 2.03. The molecular weight excluding hydrogens is 264 g/mol. The summed E-state index contributed by atoms with van der Waals surface area (Å²) in [5, 5.41) is 2.16. The van der Waals surface area contributed by atoms with Crippen LogP contribution in [0.3, 0.4) is 0 Å². The summed E-state index contributed by atoms with van der Waals surface area (Å²) in [5.74, 6) is 0. The number of aryl methyl sites for hydroxylation is 1. The molecule has 2 nitrogen and oxygen atoms in total. The zero-order valence-electron chi connectivity index (χ0n) is 12.7. The van der Waals surface area contributed by atoms with E-state index < -0.39 is 0 Å². The van der Waals surface area contributed by atoms with Crippen molar-refractivity contribution in [2.45, 2.75) is 20.0 Å². The van der Waals surface area contributed by atoms with Crippen molar-refractivity contribution in [3.05, 3.63) is 57.8 Å². The fraction of sp³-hybridized carbons (Fsp3) is 0.412. The molecular formula is C17H24N2S. The highest BCUT2D eigenvalue weighted by molar-refractivity contribution is 7.09. The Labute approximate surface area is 126 Å². The number of thiophene rings is 1. The zero-order valence-corrected chi connectivity index (χ0v) is 13.5. The van der Waals surface area contributed by atoms with Crippen molar-refractivity contribution in [2.75, 3.05) is 27.2 Å². The molecule has 108 valence electrons. The molecule has 0 fully saturated rings. The lowest BCUT2D eigenvalue weighted by Crippen LogP contribution is -2.31. The highest BCUT2D eigenvalue weighted by atomic mass is 32.1. The van der Waals surface area contributed by atoms with Gasteiger partial charge in [-0.25, -0.2) is 0 Å². The van der Waals surface area contributed by atoms with E-state index in [9.17, 15) is 0 Å². The molecule has 0 atom stereocenters.